The van der Waals surface area contributed by atoms with Crippen LogP contribution >= 0.6 is 0 Å². The van der Waals surface area contributed by atoms with E-state index in [1.54, 1.807) is 0 Å². The first-order valence-corrected chi connectivity index (χ1v) is 16.4. The lowest BCUT2D eigenvalue weighted by atomic mass is 10.2. The van der Waals surface area contributed by atoms with Crippen LogP contribution in [-0.4, -0.2) is 65.3 Å². The van der Waals surface area contributed by atoms with Gasteiger partial charge < -0.3 is 13.9 Å². The van der Waals surface area contributed by atoms with Gasteiger partial charge in [-0.25, -0.2) is 0 Å². The molecule has 1 fully saturated rings. The van der Waals surface area contributed by atoms with Gasteiger partial charge >= 0.3 is 0 Å². The highest BCUT2D eigenvalue weighted by Gasteiger charge is 2.48. The van der Waals surface area contributed by atoms with Crippen molar-refractivity contribution < 1.29 is 4.43 Å². The van der Waals surface area contributed by atoms with Crippen LogP contribution in [0.15, 0.2) is 0 Å². The maximum absolute atomic E-state index is 6.05. The van der Waals surface area contributed by atoms with Crippen LogP contribution in [0.1, 0.15) is 55.4 Å². The molecule has 0 N–H and O–H groups in total. The lowest BCUT2D eigenvalue weighted by molar-refractivity contribution is 0.161. The molecular weight excluding hydrogens is 352 g/mol. The molecule has 1 heterocycles. The van der Waals surface area contributed by atoms with Crippen LogP contribution in [-0.2, 0) is 4.43 Å². The Bertz CT molecular complexity index is 383. The minimum absolute atomic E-state index is 0.747. The first kappa shape index (κ1) is 24.4. The van der Waals surface area contributed by atoms with Gasteiger partial charge in [0.05, 0.1) is 0 Å². The fourth-order valence-corrected chi connectivity index (χ4v) is 16.1. The summed E-state index contributed by atoms with van der Waals surface area (Å²) in [6.07, 6.45) is 0. The number of nitrogens with zero attached hydrogens (tertiary/aromatic N) is 2. The summed E-state index contributed by atoms with van der Waals surface area (Å²) in [6, 6.07) is 1.28. The standard InChI is InChI=1S/C21H48N2OSi2/c1-11-24-25(9,10)17-21(8)16-22-12-14-23(15-13-22)26(18(2)3,19(4)5)20(6)7/h18-21H,11-17H2,1-10H3. The van der Waals surface area contributed by atoms with E-state index < -0.39 is 16.6 Å². The summed E-state index contributed by atoms with van der Waals surface area (Å²) in [7, 11) is -2.92. The van der Waals surface area contributed by atoms with Crippen LogP contribution in [0.2, 0.25) is 35.8 Å². The summed E-state index contributed by atoms with van der Waals surface area (Å²) in [5, 5.41) is 0. The van der Waals surface area contributed by atoms with Crippen molar-refractivity contribution in [3.05, 3.63) is 0 Å². The molecule has 1 atom stereocenters. The molecule has 0 bridgehead atoms. The molecule has 1 rings (SSSR count). The summed E-state index contributed by atoms with van der Waals surface area (Å²) in [6.45, 7) is 31.4. The van der Waals surface area contributed by atoms with E-state index in [1.165, 1.54) is 38.8 Å². The smallest absolute Gasteiger partial charge is 0.187 e. The molecule has 0 aromatic rings. The van der Waals surface area contributed by atoms with Crippen LogP contribution in [0.25, 0.3) is 0 Å². The van der Waals surface area contributed by atoms with Crippen molar-refractivity contribution in [2.75, 3.05) is 39.3 Å². The molecule has 26 heavy (non-hydrogen) atoms. The second kappa shape index (κ2) is 10.2. The molecule has 0 saturated carbocycles. The zero-order chi connectivity index (χ0) is 20.1. The van der Waals surface area contributed by atoms with Gasteiger partial charge in [-0.15, -0.1) is 0 Å². The van der Waals surface area contributed by atoms with E-state index in [0.717, 1.165) is 29.1 Å². The minimum Gasteiger partial charge on any atom is -0.418 e. The Balaban J connectivity index is 2.66. The molecule has 3 nitrogen and oxygen atoms in total. The first-order valence-electron chi connectivity index (χ1n) is 11.1. The summed E-state index contributed by atoms with van der Waals surface area (Å²) in [4.78, 5) is 2.72. The highest BCUT2D eigenvalue weighted by molar-refractivity contribution is 6.81. The maximum atomic E-state index is 6.05. The van der Waals surface area contributed by atoms with Crippen molar-refractivity contribution in [1.29, 1.82) is 0 Å². The molecule has 0 amide bonds. The van der Waals surface area contributed by atoms with Crippen LogP contribution < -0.4 is 0 Å². The molecule has 0 aromatic carbocycles. The Hall–Kier alpha value is 0.314. The van der Waals surface area contributed by atoms with Gasteiger partial charge in [-0.3, -0.25) is 0 Å². The van der Waals surface area contributed by atoms with Crippen molar-refractivity contribution in [2.45, 2.75) is 91.2 Å². The van der Waals surface area contributed by atoms with E-state index in [1.807, 2.05) is 0 Å². The SMILES string of the molecule is CCO[Si](C)(C)CC(C)CN1CCN([Si](C(C)C)(C(C)C)C(C)C)CC1. The summed E-state index contributed by atoms with van der Waals surface area (Å²) >= 11 is 0. The predicted octanol–water partition coefficient (Wildman–Crippen LogP) is 5.66. The quantitative estimate of drug-likeness (QED) is 0.440. The first-order chi connectivity index (χ1) is 12.0. The summed E-state index contributed by atoms with van der Waals surface area (Å²) in [5.41, 5.74) is 2.47. The zero-order valence-electron chi connectivity index (χ0n) is 19.6. The number of hydrogen-bond donors (Lipinski definition) is 0. The zero-order valence-corrected chi connectivity index (χ0v) is 21.6. The average Bonchev–Trinajstić information content (AvgIpc) is 2.47. The van der Waals surface area contributed by atoms with Gasteiger partial charge in [-0.05, 0) is 48.6 Å². The van der Waals surface area contributed by atoms with Gasteiger partial charge in [-0.2, -0.15) is 0 Å². The summed E-state index contributed by atoms with van der Waals surface area (Å²) < 4.78 is 9.01. The number of rotatable bonds is 10. The second-order valence-corrected chi connectivity index (χ2v) is 20.2. The molecule has 0 aromatic heterocycles. The van der Waals surface area contributed by atoms with Gasteiger partial charge in [0.15, 0.2) is 8.32 Å². The van der Waals surface area contributed by atoms with E-state index in [4.69, 9.17) is 4.43 Å². The Morgan fingerprint density at radius 1 is 0.808 bits per heavy atom. The molecule has 0 spiro atoms. The van der Waals surface area contributed by atoms with Crippen LogP contribution in [0.5, 0.6) is 0 Å². The second-order valence-electron chi connectivity index (χ2n) is 10.1. The lowest BCUT2D eigenvalue weighted by Crippen LogP contribution is -2.65. The monoisotopic (exact) mass is 400 g/mol. The Labute approximate surface area is 167 Å². The van der Waals surface area contributed by atoms with Crippen LogP contribution in [0.4, 0.5) is 0 Å². The van der Waals surface area contributed by atoms with Crippen LogP contribution in [0, 0.1) is 5.92 Å². The van der Waals surface area contributed by atoms with Crippen molar-refractivity contribution in [1.82, 2.24) is 9.47 Å². The Morgan fingerprint density at radius 3 is 1.65 bits per heavy atom. The molecule has 1 saturated heterocycles. The van der Waals surface area contributed by atoms with E-state index in [0.29, 0.717) is 0 Å². The average molecular weight is 401 g/mol. The minimum atomic E-state index is -1.47. The van der Waals surface area contributed by atoms with Gasteiger partial charge in [0.25, 0.3) is 0 Å². The predicted molar refractivity (Wildman–Crippen MR) is 122 cm³/mol. The highest BCUT2D eigenvalue weighted by Crippen LogP contribution is 2.44. The van der Waals surface area contributed by atoms with E-state index in [9.17, 15) is 0 Å². The fourth-order valence-electron chi connectivity index (χ4n) is 6.21. The number of piperazine rings is 1. The Morgan fingerprint density at radius 2 is 1.27 bits per heavy atom. The molecule has 156 valence electrons. The summed E-state index contributed by atoms with van der Waals surface area (Å²) in [5.74, 6) is 0.747. The molecular formula is C21H48N2OSi2. The van der Waals surface area contributed by atoms with Crippen LogP contribution in [0.3, 0.4) is 0 Å². The van der Waals surface area contributed by atoms with Gasteiger partial charge in [0.2, 0.25) is 0 Å². The fraction of sp³-hybridized carbons (Fsp3) is 1.00. The van der Waals surface area contributed by atoms with Gasteiger partial charge in [0, 0.05) is 39.3 Å². The highest BCUT2D eigenvalue weighted by atomic mass is 28.4. The molecule has 0 aliphatic carbocycles. The molecule has 1 unspecified atom stereocenters. The van der Waals surface area contributed by atoms with E-state index in [2.05, 4.69) is 77.9 Å². The molecule has 1 aliphatic heterocycles. The third kappa shape index (κ3) is 5.90. The molecule has 1 aliphatic rings. The number of hydrogen-bond acceptors (Lipinski definition) is 3. The molecule has 5 heteroatoms. The third-order valence-electron chi connectivity index (χ3n) is 6.64. The van der Waals surface area contributed by atoms with Crippen molar-refractivity contribution in [3.63, 3.8) is 0 Å². The molecule has 0 radical (unpaired) electrons. The largest absolute Gasteiger partial charge is 0.418 e. The van der Waals surface area contributed by atoms with E-state index in [-0.39, 0.29) is 0 Å². The lowest BCUT2D eigenvalue weighted by Gasteiger charge is -2.54. The van der Waals surface area contributed by atoms with Gasteiger partial charge in [-0.1, -0.05) is 48.5 Å². The maximum Gasteiger partial charge on any atom is 0.187 e. The van der Waals surface area contributed by atoms with Crippen molar-refractivity contribution in [2.24, 2.45) is 5.92 Å². The van der Waals surface area contributed by atoms with E-state index >= 15 is 0 Å². The van der Waals surface area contributed by atoms with Gasteiger partial charge in [0.1, 0.15) is 8.24 Å². The normalized spacial score (nSPS) is 19.7. The van der Waals surface area contributed by atoms with Crippen molar-refractivity contribution in [3.8, 4) is 0 Å². The topological polar surface area (TPSA) is 15.7 Å². The third-order valence-corrected chi connectivity index (χ3v) is 16.5. The van der Waals surface area contributed by atoms with Crippen molar-refractivity contribution >= 4 is 16.6 Å². The Kier molecular flexibility index (Phi) is 9.55.